The Labute approximate surface area is 99.3 Å². The van der Waals surface area contributed by atoms with Crippen molar-refractivity contribution in [1.82, 2.24) is 14.8 Å². The van der Waals surface area contributed by atoms with Crippen LogP contribution in [-0.2, 0) is 7.05 Å². The van der Waals surface area contributed by atoms with E-state index in [9.17, 15) is 0 Å². The smallest absolute Gasteiger partial charge is 0.131 e. The van der Waals surface area contributed by atoms with Crippen molar-refractivity contribution in [1.29, 1.82) is 0 Å². The van der Waals surface area contributed by atoms with Gasteiger partial charge in [-0.3, -0.25) is 4.68 Å². The molecular formula is C11H13ClN4. The Hall–Kier alpha value is -1.55. The van der Waals surface area contributed by atoms with Crippen LogP contribution in [0.25, 0.3) is 0 Å². The van der Waals surface area contributed by atoms with Crippen LogP contribution in [0.2, 0.25) is 5.15 Å². The van der Waals surface area contributed by atoms with Crippen LogP contribution in [0.5, 0.6) is 0 Å². The van der Waals surface area contributed by atoms with Gasteiger partial charge in [-0.25, -0.2) is 4.98 Å². The van der Waals surface area contributed by atoms with Crippen LogP contribution in [0, 0.1) is 0 Å². The predicted molar refractivity (Wildman–Crippen MR) is 64.5 cm³/mol. The lowest BCUT2D eigenvalue weighted by molar-refractivity contribution is 0.676. The largest absolute Gasteiger partial charge is 0.377 e. The molecule has 0 aliphatic carbocycles. The van der Waals surface area contributed by atoms with Gasteiger partial charge < -0.3 is 5.32 Å². The van der Waals surface area contributed by atoms with Crippen molar-refractivity contribution in [2.45, 2.75) is 13.0 Å². The third kappa shape index (κ3) is 2.33. The van der Waals surface area contributed by atoms with Crippen LogP contribution in [0.15, 0.2) is 30.6 Å². The van der Waals surface area contributed by atoms with E-state index >= 15 is 0 Å². The second-order valence-electron chi connectivity index (χ2n) is 3.61. The van der Waals surface area contributed by atoms with E-state index in [4.69, 9.17) is 11.6 Å². The van der Waals surface area contributed by atoms with Crippen molar-refractivity contribution < 1.29 is 0 Å². The molecule has 2 aromatic heterocycles. The molecule has 0 aliphatic heterocycles. The van der Waals surface area contributed by atoms with E-state index in [1.54, 1.807) is 18.5 Å². The highest BCUT2D eigenvalue weighted by Gasteiger charge is 2.08. The van der Waals surface area contributed by atoms with Gasteiger partial charge in [-0.15, -0.1) is 0 Å². The molecule has 2 aromatic rings. The minimum atomic E-state index is 0.172. The maximum Gasteiger partial charge on any atom is 0.131 e. The summed E-state index contributed by atoms with van der Waals surface area (Å²) in [6.07, 6.45) is 3.47. The molecule has 0 aliphatic rings. The van der Waals surface area contributed by atoms with E-state index in [1.165, 1.54) is 0 Å². The van der Waals surface area contributed by atoms with E-state index in [0.717, 1.165) is 11.4 Å². The number of halogens is 1. The average Bonchev–Trinajstić information content (AvgIpc) is 2.64. The van der Waals surface area contributed by atoms with Gasteiger partial charge in [-0.2, -0.15) is 5.10 Å². The molecule has 2 heterocycles. The highest BCUT2D eigenvalue weighted by molar-refractivity contribution is 6.29. The number of nitrogens with zero attached hydrogens (tertiary/aromatic N) is 3. The van der Waals surface area contributed by atoms with Crippen LogP contribution < -0.4 is 5.32 Å². The van der Waals surface area contributed by atoms with E-state index < -0.39 is 0 Å². The first-order valence-electron chi connectivity index (χ1n) is 5.03. The van der Waals surface area contributed by atoms with Crippen LogP contribution in [0.4, 0.5) is 5.69 Å². The molecule has 0 spiro atoms. The number of pyridine rings is 1. The number of anilines is 1. The summed E-state index contributed by atoms with van der Waals surface area (Å²) in [6.45, 7) is 2.07. The number of aryl methyl sites for hydroxylation is 1. The summed E-state index contributed by atoms with van der Waals surface area (Å²) in [7, 11) is 1.92. The third-order valence-electron chi connectivity index (χ3n) is 2.41. The molecular weight excluding hydrogens is 224 g/mol. The summed E-state index contributed by atoms with van der Waals surface area (Å²) >= 11 is 5.82. The molecule has 0 bridgehead atoms. The molecule has 4 nitrogen and oxygen atoms in total. The molecule has 1 atom stereocenters. The highest BCUT2D eigenvalue weighted by atomic mass is 35.5. The second-order valence-corrected chi connectivity index (χ2v) is 4.00. The van der Waals surface area contributed by atoms with Crippen molar-refractivity contribution in [3.05, 3.63) is 41.4 Å². The molecule has 0 fully saturated rings. The van der Waals surface area contributed by atoms with E-state index in [1.807, 2.05) is 23.9 Å². The van der Waals surface area contributed by atoms with Gasteiger partial charge in [0.05, 0.1) is 11.7 Å². The maximum absolute atomic E-state index is 5.82. The first kappa shape index (κ1) is 11.0. The zero-order valence-corrected chi connectivity index (χ0v) is 9.94. The molecule has 1 unspecified atom stereocenters. The van der Waals surface area contributed by atoms with E-state index in [0.29, 0.717) is 5.15 Å². The van der Waals surface area contributed by atoms with Gasteiger partial charge in [-0.05, 0) is 25.1 Å². The molecule has 0 saturated carbocycles. The Morgan fingerprint density at radius 2 is 2.19 bits per heavy atom. The standard InChI is InChI=1S/C11H13ClN4/c1-8(10-4-6-14-16(10)2)15-9-3-5-13-11(12)7-9/h3-8H,1-2H3,(H,13,15). The maximum atomic E-state index is 5.82. The van der Waals surface area contributed by atoms with Crippen LogP contribution in [-0.4, -0.2) is 14.8 Å². The third-order valence-corrected chi connectivity index (χ3v) is 2.62. The summed E-state index contributed by atoms with van der Waals surface area (Å²) in [5.74, 6) is 0. The Balaban J connectivity index is 2.14. The van der Waals surface area contributed by atoms with Gasteiger partial charge in [-0.1, -0.05) is 11.6 Å². The fraction of sp³-hybridized carbons (Fsp3) is 0.273. The Morgan fingerprint density at radius 3 is 2.81 bits per heavy atom. The number of hydrogen-bond donors (Lipinski definition) is 1. The first-order valence-corrected chi connectivity index (χ1v) is 5.40. The van der Waals surface area contributed by atoms with Gasteiger partial charge in [0.1, 0.15) is 5.15 Å². The molecule has 84 valence electrons. The molecule has 16 heavy (non-hydrogen) atoms. The van der Waals surface area contributed by atoms with Crippen LogP contribution in [0.3, 0.4) is 0 Å². The van der Waals surface area contributed by atoms with Crippen molar-refractivity contribution >= 4 is 17.3 Å². The number of hydrogen-bond acceptors (Lipinski definition) is 3. The first-order chi connectivity index (χ1) is 7.66. The lowest BCUT2D eigenvalue weighted by atomic mass is 10.2. The molecule has 1 N–H and O–H groups in total. The van der Waals surface area contributed by atoms with Gasteiger partial charge in [0.15, 0.2) is 0 Å². The SMILES string of the molecule is CC(Nc1ccnc(Cl)c1)c1ccnn1C. The number of rotatable bonds is 3. The van der Waals surface area contributed by atoms with Gasteiger partial charge >= 0.3 is 0 Å². The second kappa shape index (κ2) is 4.53. The zero-order chi connectivity index (χ0) is 11.5. The van der Waals surface area contributed by atoms with Crippen molar-refractivity contribution in [3.63, 3.8) is 0 Å². The summed E-state index contributed by atoms with van der Waals surface area (Å²) in [4.78, 5) is 3.94. The fourth-order valence-corrected chi connectivity index (χ4v) is 1.80. The minimum absolute atomic E-state index is 0.172. The average molecular weight is 237 g/mol. The molecule has 0 aromatic carbocycles. The monoisotopic (exact) mass is 236 g/mol. The van der Waals surface area contributed by atoms with Crippen molar-refractivity contribution in [2.75, 3.05) is 5.32 Å². The lowest BCUT2D eigenvalue weighted by Gasteiger charge is -2.15. The van der Waals surface area contributed by atoms with E-state index in [-0.39, 0.29) is 6.04 Å². The molecule has 0 radical (unpaired) electrons. The van der Waals surface area contributed by atoms with Gasteiger partial charge in [0.2, 0.25) is 0 Å². The Kier molecular flexibility index (Phi) is 3.10. The number of nitrogens with one attached hydrogen (secondary N) is 1. The highest BCUT2D eigenvalue weighted by Crippen LogP contribution is 2.19. The zero-order valence-electron chi connectivity index (χ0n) is 9.18. The van der Waals surface area contributed by atoms with Crippen molar-refractivity contribution in [3.8, 4) is 0 Å². The van der Waals surface area contributed by atoms with Crippen molar-refractivity contribution in [2.24, 2.45) is 7.05 Å². The van der Waals surface area contributed by atoms with Crippen LogP contribution >= 0.6 is 11.6 Å². The van der Waals surface area contributed by atoms with Gasteiger partial charge in [0.25, 0.3) is 0 Å². The summed E-state index contributed by atoms with van der Waals surface area (Å²) in [5.41, 5.74) is 2.07. The summed E-state index contributed by atoms with van der Waals surface area (Å²) in [6, 6.07) is 5.85. The fourth-order valence-electron chi connectivity index (χ4n) is 1.63. The van der Waals surface area contributed by atoms with Crippen LogP contribution in [0.1, 0.15) is 18.7 Å². The Bertz CT molecular complexity index is 480. The number of aromatic nitrogens is 3. The molecule has 0 amide bonds. The lowest BCUT2D eigenvalue weighted by Crippen LogP contribution is -2.11. The van der Waals surface area contributed by atoms with Gasteiger partial charge in [0, 0.05) is 25.1 Å². The molecule has 0 saturated heterocycles. The molecule has 5 heteroatoms. The normalized spacial score (nSPS) is 12.4. The Morgan fingerprint density at radius 1 is 1.38 bits per heavy atom. The topological polar surface area (TPSA) is 42.7 Å². The quantitative estimate of drug-likeness (QED) is 0.834. The predicted octanol–water partition coefficient (Wildman–Crippen LogP) is 2.64. The summed E-state index contributed by atoms with van der Waals surface area (Å²) in [5, 5.41) is 7.96. The minimum Gasteiger partial charge on any atom is -0.377 e. The van der Waals surface area contributed by atoms with E-state index in [2.05, 4.69) is 22.3 Å². The molecule has 2 rings (SSSR count). The summed E-state index contributed by atoms with van der Waals surface area (Å²) < 4.78 is 1.85.